The topological polar surface area (TPSA) is 67.6 Å². The van der Waals surface area contributed by atoms with Crippen LogP contribution in [0.4, 0.5) is 4.79 Å². The Kier molecular flexibility index (Phi) is 5.52. The van der Waals surface area contributed by atoms with Crippen molar-refractivity contribution in [1.29, 1.82) is 0 Å². The summed E-state index contributed by atoms with van der Waals surface area (Å²) in [5, 5.41) is 2.83. The monoisotopic (exact) mass is 307 g/mol. The molecule has 0 saturated carbocycles. The maximum atomic E-state index is 11.2. The summed E-state index contributed by atoms with van der Waals surface area (Å²) in [6.07, 6.45) is 0.532. The van der Waals surface area contributed by atoms with Crippen LogP contribution in [-0.4, -0.2) is 48.8 Å². The Morgan fingerprint density at radius 2 is 2.24 bits per heavy atom. The minimum atomic E-state index is -0.379. The highest BCUT2D eigenvalue weighted by atomic mass is 32.1. The van der Waals surface area contributed by atoms with Gasteiger partial charge in [-0.2, -0.15) is 0 Å². The Labute approximate surface area is 130 Å². The molecule has 1 aromatic carbocycles. The number of nitrogens with two attached hydrogens (primary N) is 1. The summed E-state index contributed by atoms with van der Waals surface area (Å²) >= 11 is 5.21. The first-order valence-corrected chi connectivity index (χ1v) is 7.42. The molecule has 2 rings (SSSR count). The molecule has 1 heterocycles. The van der Waals surface area contributed by atoms with E-state index in [9.17, 15) is 4.79 Å². The van der Waals surface area contributed by atoms with Crippen LogP contribution in [0.3, 0.4) is 0 Å². The Morgan fingerprint density at radius 3 is 2.86 bits per heavy atom. The molecule has 3 N–H and O–H groups in total. The van der Waals surface area contributed by atoms with Crippen molar-refractivity contribution in [2.45, 2.75) is 18.4 Å². The molecule has 2 atom stereocenters. The van der Waals surface area contributed by atoms with Gasteiger partial charge in [-0.3, -0.25) is 0 Å². The largest absolute Gasteiger partial charge is 0.453 e. The van der Waals surface area contributed by atoms with Gasteiger partial charge in [-0.15, -0.1) is 0 Å². The van der Waals surface area contributed by atoms with Gasteiger partial charge in [-0.1, -0.05) is 42.5 Å². The van der Waals surface area contributed by atoms with Crippen molar-refractivity contribution in [1.82, 2.24) is 10.2 Å². The highest BCUT2D eigenvalue weighted by molar-refractivity contribution is 7.80. The van der Waals surface area contributed by atoms with E-state index in [0.29, 0.717) is 4.99 Å². The first-order chi connectivity index (χ1) is 10.1. The summed E-state index contributed by atoms with van der Waals surface area (Å²) in [6.45, 7) is 2.49. The van der Waals surface area contributed by atoms with E-state index in [0.717, 1.165) is 31.6 Å². The molecule has 1 aliphatic rings. The van der Waals surface area contributed by atoms with Crippen LogP contribution in [0.15, 0.2) is 30.3 Å². The molecule has 0 aliphatic carbocycles. The fraction of sp³-hybridized carbons (Fsp3) is 0.467. The van der Waals surface area contributed by atoms with Crippen LogP contribution in [0.2, 0.25) is 0 Å². The smallest absolute Gasteiger partial charge is 0.407 e. The highest BCUT2D eigenvalue weighted by Gasteiger charge is 2.27. The van der Waals surface area contributed by atoms with Crippen LogP contribution >= 0.6 is 12.2 Å². The molecule has 1 aromatic rings. The summed E-state index contributed by atoms with van der Waals surface area (Å²) in [4.78, 5) is 14.0. The quantitative estimate of drug-likeness (QED) is 0.807. The summed E-state index contributed by atoms with van der Waals surface area (Å²) < 4.78 is 4.63. The van der Waals surface area contributed by atoms with E-state index in [-0.39, 0.29) is 18.1 Å². The number of alkyl carbamates (subject to hydrolysis) is 1. The molecule has 1 saturated heterocycles. The highest BCUT2D eigenvalue weighted by Crippen LogP contribution is 2.20. The summed E-state index contributed by atoms with van der Waals surface area (Å²) in [5.41, 5.74) is 7.03. The summed E-state index contributed by atoms with van der Waals surface area (Å²) in [6, 6.07) is 10.2. The average Bonchev–Trinajstić information content (AvgIpc) is 2.92. The van der Waals surface area contributed by atoms with E-state index in [4.69, 9.17) is 18.0 Å². The molecule has 21 heavy (non-hydrogen) atoms. The van der Waals surface area contributed by atoms with Gasteiger partial charge in [0, 0.05) is 31.6 Å². The lowest BCUT2D eigenvalue weighted by Gasteiger charge is -2.23. The zero-order chi connectivity index (χ0) is 15.2. The maximum Gasteiger partial charge on any atom is 0.407 e. The van der Waals surface area contributed by atoms with Crippen molar-refractivity contribution < 1.29 is 9.53 Å². The number of nitrogens with zero attached hydrogens (tertiary/aromatic N) is 1. The van der Waals surface area contributed by atoms with Gasteiger partial charge in [0.15, 0.2) is 0 Å². The molecule has 1 fully saturated rings. The minimum Gasteiger partial charge on any atom is -0.453 e. The molecule has 2 unspecified atom stereocenters. The number of hydrogen-bond donors (Lipinski definition) is 2. The predicted molar refractivity (Wildman–Crippen MR) is 86.4 cm³/mol. The van der Waals surface area contributed by atoms with Crippen LogP contribution in [-0.2, 0) is 4.74 Å². The number of nitrogens with one attached hydrogen (secondary N) is 1. The second kappa shape index (κ2) is 7.38. The van der Waals surface area contributed by atoms with Crippen molar-refractivity contribution in [2.24, 2.45) is 5.73 Å². The van der Waals surface area contributed by atoms with Crippen LogP contribution in [0.5, 0.6) is 0 Å². The third-order valence-electron chi connectivity index (χ3n) is 3.77. The van der Waals surface area contributed by atoms with E-state index in [2.05, 4.69) is 15.0 Å². The Hall–Kier alpha value is -1.66. The zero-order valence-corrected chi connectivity index (χ0v) is 12.9. The number of amides is 1. The Morgan fingerprint density at radius 1 is 1.52 bits per heavy atom. The standard InChI is InChI=1S/C15H21N3O2S/c1-20-15(19)17-12-7-8-18(9-12)10-13(14(16)21)11-5-3-2-4-6-11/h2-6,12-13H,7-10H2,1H3,(H2,16,21)(H,17,19). The van der Waals surface area contributed by atoms with Crippen molar-refractivity contribution in [3.8, 4) is 0 Å². The molecule has 114 valence electrons. The number of hydrogen-bond acceptors (Lipinski definition) is 4. The van der Waals surface area contributed by atoms with Crippen molar-refractivity contribution >= 4 is 23.3 Å². The number of carbonyl (C=O) groups is 1. The van der Waals surface area contributed by atoms with E-state index < -0.39 is 0 Å². The number of methoxy groups -OCH3 is 1. The predicted octanol–water partition coefficient (Wildman–Crippen LogP) is 1.49. The molecular weight excluding hydrogens is 286 g/mol. The van der Waals surface area contributed by atoms with Crippen LogP contribution in [0.25, 0.3) is 0 Å². The minimum absolute atomic E-state index is 0.0399. The second-order valence-corrected chi connectivity index (χ2v) is 5.72. The number of likely N-dealkylation sites (tertiary alicyclic amines) is 1. The van der Waals surface area contributed by atoms with Crippen LogP contribution < -0.4 is 11.1 Å². The molecule has 0 radical (unpaired) electrons. The molecule has 1 amide bonds. The molecule has 0 aromatic heterocycles. The van der Waals surface area contributed by atoms with Gasteiger partial charge in [-0.05, 0) is 12.0 Å². The van der Waals surface area contributed by atoms with E-state index >= 15 is 0 Å². The third kappa shape index (κ3) is 4.41. The SMILES string of the molecule is COC(=O)NC1CCN(CC(C(N)=S)c2ccccc2)C1. The number of carbonyl (C=O) groups excluding carboxylic acids is 1. The molecule has 0 bridgehead atoms. The molecule has 5 nitrogen and oxygen atoms in total. The molecule has 1 aliphatic heterocycles. The fourth-order valence-electron chi connectivity index (χ4n) is 2.65. The Balaban J connectivity index is 1.94. The van der Waals surface area contributed by atoms with Crippen molar-refractivity contribution in [3.63, 3.8) is 0 Å². The van der Waals surface area contributed by atoms with Gasteiger partial charge < -0.3 is 20.7 Å². The number of thiocarbonyl (C=S) groups is 1. The summed E-state index contributed by atoms with van der Waals surface area (Å²) in [7, 11) is 1.38. The van der Waals surface area contributed by atoms with Crippen LogP contribution in [0, 0.1) is 0 Å². The number of ether oxygens (including phenoxy) is 1. The second-order valence-electron chi connectivity index (χ2n) is 5.25. The van der Waals surface area contributed by atoms with Gasteiger partial charge in [-0.25, -0.2) is 4.79 Å². The van der Waals surface area contributed by atoms with Gasteiger partial charge in [0.05, 0.1) is 12.1 Å². The first-order valence-electron chi connectivity index (χ1n) is 7.01. The average molecular weight is 307 g/mol. The lowest BCUT2D eigenvalue weighted by molar-refractivity contribution is 0.166. The molecule has 6 heteroatoms. The zero-order valence-electron chi connectivity index (χ0n) is 12.1. The third-order valence-corrected chi connectivity index (χ3v) is 4.05. The van der Waals surface area contributed by atoms with E-state index in [1.54, 1.807) is 0 Å². The maximum absolute atomic E-state index is 11.2. The first kappa shape index (κ1) is 15.7. The lowest BCUT2D eigenvalue weighted by atomic mass is 9.98. The lowest BCUT2D eigenvalue weighted by Crippen LogP contribution is -2.38. The molecule has 0 spiro atoms. The van der Waals surface area contributed by atoms with Gasteiger partial charge >= 0.3 is 6.09 Å². The van der Waals surface area contributed by atoms with Crippen molar-refractivity contribution in [2.75, 3.05) is 26.7 Å². The van der Waals surface area contributed by atoms with E-state index in [1.807, 2.05) is 30.3 Å². The fourth-order valence-corrected chi connectivity index (χ4v) is 2.86. The van der Waals surface area contributed by atoms with Gasteiger partial charge in [0.2, 0.25) is 0 Å². The van der Waals surface area contributed by atoms with Crippen molar-refractivity contribution in [3.05, 3.63) is 35.9 Å². The number of benzene rings is 1. The Bertz CT molecular complexity index is 495. The van der Waals surface area contributed by atoms with Crippen LogP contribution in [0.1, 0.15) is 17.9 Å². The number of rotatable bonds is 5. The van der Waals surface area contributed by atoms with E-state index in [1.165, 1.54) is 7.11 Å². The normalized spacial score (nSPS) is 20.0. The van der Waals surface area contributed by atoms with Gasteiger partial charge in [0.1, 0.15) is 0 Å². The van der Waals surface area contributed by atoms with Gasteiger partial charge in [0.25, 0.3) is 0 Å². The summed E-state index contributed by atoms with van der Waals surface area (Å²) in [5.74, 6) is 0.0399. The molecular formula is C15H21N3O2S.